The predicted molar refractivity (Wildman–Crippen MR) is 63.8 cm³/mol. The van der Waals surface area contributed by atoms with Gasteiger partial charge in [-0.15, -0.1) is 11.8 Å². The molecule has 0 unspecified atom stereocenters. The lowest BCUT2D eigenvalue weighted by Crippen LogP contribution is -2.43. The van der Waals surface area contributed by atoms with Crippen molar-refractivity contribution in [2.24, 2.45) is 0 Å². The van der Waals surface area contributed by atoms with Crippen molar-refractivity contribution < 1.29 is 14.6 Å². The van der Waals surface area contributed by atoms with Crippen LogP contribution in [0.2, 0.25) is 0 Å². The van der Waals surface area contributed by atoms with Crippen molar-refractivity contribution in [2.45, 2.75) is 19.1 Å². The molecule has 1 amide bonds. The van der Waals surface area contributed by atoms with Gasteiger partial charge in [0.05, 0.1) is 13.7 Å². The van der Waals surface area contributed by atoms with Gasteiger partial charge in [-0.25, -0.2) is 15.2 Å². The van der Waals surface area contributed by atoms with Crippen molar-refractivity contribution in [3.63, 3.8) is 0 Å². The van der Waals surface area contributed by atoms with Crippen LogP contribution in [0.1, 0.15) is 13.8 Å². The SMILES string of the molecule is COC1=CC=C(SC(C)C)CN1NC(=O)O. The number of allylic oxidation sites excluding steroid dienone is 2. The number of ether oxygens (including phenoxy) is 1. The van der Waals surface area contributed by atoms with Crippen LogP contribution in [-0.4, -0.2) is 35.1 Å². The fourth-order valence-electron chi connectivity index (χ4n) is 1.31. The molecule has 0 saturated carbocycles. The van der Waals surface area contributed by atoms with Gasteiger partial charge in [0.1, 0.15) is 0 Å². The van der Waals surface area contributed by atoms with Crippen LogP contribution in [0.5, 0.6) is 0 Å². The van der Waals surface area contributed by atoms with E-state index in [1.54, 1.807) is 17.8 Å². The van der Waals surface area contributed by atoms with E-state index >= 15 is 0 Å². The molecule has 2 N–H and O–H groups in total. The van der Waals surface area contributed by atoms with E-state index in [0.717, 1.165) is 4.91 Å². The molecule has 0 bridgehead atoms. The summed E-state index contributed by atoms with van der Waals surface area (Å²) in [6, 6.07) is 0. The largest absolute Gasteiger partial charge is 0.481 e. The lowest BCUT2D eigenvalue weighted by atomic mass is 10.3. The van der Waals surface area contributed by atoms with Gasteiger partial charge in [0.2, 0.25) is 5.88 Å². The summed E-state index contributed by atoms with van der Waals surface area (Å²) in [6.45, 7) is 4.68. The average molecular weight is 244 g/mol. The van der Waals surface area contributed by atoms with Crippen molar-refractivity contribution in [3.05, 3.63) is 22.9 Å². The predicted octanol–water partition coefficient (Wildman–Crippen LogP) is 2.00. The summed E-state index contributed by atoms with van der Waals surface area (Å²) in [6.07, 6.45) is 2.60. The van der Waals surface area contributed by atoms with Crippen LogP contribution in [-0.2, 0) is 4.74 Å². The lowest BCUT2D eigenvalue weighted by Gasteiger charge is -2.28. The van der Waals surface area contributed by atoms with E-state index in [-0.39, 0.29) is 0 Å². The maximum absolute atomic E-state index is 10.6. The van der Waals surface area contributed by atoms with E-state index in [1.165, 1.54) is 12.1 Å². The van der Waals surface area contributed by atoms with Gasteiger partial charge in [-0.05, 0) is 6.08 Å². The number of hydrogen-bond donors (Lipinski definition) is 2. The lowest BCUT2D eigenvalue weighted by molar-refractivity contribution is 0.105. The molecular weight excluding hydrogens is 228 g/mol. The van der Waals surface area contributed by atoms with Crippen LogP contribution < -0.4 is 5.43 Å². The van der Waals surface area contributed by atoms with Crippen LogP contribution >= 0.6 is 11.8 Å². The van der Waals surface area contributed by atoms with Gasteiger partial charge in [-0.1, -0.05) is 13.8 Å². The molecule has 1 rings (SSSR count). The fourth-order valence-corrected chi connectivity index (χ4v) is 2.26. The highest BCUT2D eigenvalue weighted by Gasteiger charge is 2.18. The number of carboxylic acid groups (broad SMARTS) is 1. The molecule has 90 valence electrons. The first kappa shape index (κ1) is 12.8. The summed E-state index contributed by atoms with van der Waals surface area (Å²) >= 11 is 1.71. The minimum absolute atomic E-state index is 0.468. The van der Waals surface area contributed by atoms with E-state index in [0.29, 0.717) is 17.7 Å². The molecular formula is C10H16N2O3S. The number of hydrogen-bond acceptors (Lipinski definition) is 4. The second kappa shape index (κ2) is 5.69. The van der Waals surface area contributed by atoms with Gasteiger partial charge < -0.3 is 9.84 Å². The molecule has 0 aliphatic carbocycles. The minimum Gasteiger partial charge on any atom is -0.481 e. The topological polar surface area (TPSA) is 61.8 Å². The molecule has 0 saturated heterocycles. The fraction of sp³-hybridized carbons (Fsp3) is 0.500. The number of nitrogens with one attached hydrogen (secondary N) is 1. The summed E-state index contributed by atoms with van der Waals surface area (Å²) < 4.78 is 5.07. The zero-order chi connectivity index (χ0) is 12.1. The van der Waals surface area contributed by atoms with E-state index in [9.17, 15) is 4.79 Å². The quantitative estimate of drug-likeness (QED) is 0.792. The molecule has 1 aliphatic rings. The second-order valence-electron chi connectivity index (χ2n) is 3.51. The summed E-state index contributed by atoms with van der Waals surface area (Å²) in [7, 11) is 1.51. The third-order valence-electron chi connectivity index (χ3n) is 1.82. The highest BCUT2D eigenvalue weighted by atomic mass is 32.2. The van der Waals surface area contributed by atoms with Crippen LogP contribution in [0.15, 0.2) is 22.9 Å². The van der Waals surface area contributed by atoms with Crippen LogP contribution in [0, 0.1) is 0 Å². The monoisotopic (exact) mass is 244 g/mol. The van der Waals surface area contributed by atoms with Crippen molar-refractivity contribution in [1.29, 1.82) is 0 Å². The Balaban J connectivity index is 2.70. The highest BCUT2D eigenvalue weighted by molar-refractivity contribution is 8.03. The van der Waals surface area contributed by atoms with Gasteiger partial charge in [0, 0.05) is 16.2 Å². The number of rotatable bonds is 4. The van der Waals surface area contributed by atoms with E-state index in [1.807, 2.05) is 6.08 Å². The summed E-state index contributed by atoms with van der Waals surface area (Å²) in [5.41, 5.74) is 2.29. The molecule has 0 radical (unpaired) electrons. The summed E-state index contributed by atoms with van der Waals surface area (Å²) in [5, 5.41) is 10.6. The molecule has 6 heteroatoms. The summed E-state index contributed by atoms with van der Waals surface area (Å²) in [4.78, 5) is 11.7. The maximum Gasteiger partial charge on any atom is 0.423 e. The molecule has 0 spiro atoms. The first-order chi connectivity index (χ1) is 7.52. The Morgan fingerprint density at radius 2 is 2.31 bits per heavy atom. The standard InChI is InChI=1S/C10H16N2O3S/c1-7(2)16-8-4-5-9(15-3)12(6-8)11-10(13)14/h4-5,7,11H,6H2,1-3H3,(H,13,14). The van der Waals surface area contributed by atoms with E-state index in [4.69, 9.17) is 9.84 Å². The minimum atomic E-state index is -1.10. The van der Waals surface area contributed by atoms with E-state index < -0.39 is 6.09 Å². The Morgan fingerprint density at radius 3 is 2.81 bits per heavy atom. The molecule has 0 aromatic carbocycles. The number of carbonyl (C=O) groups is 1. The third kappa shape index (κ3) is 3.69. The Labute approximate surface area is 99.1 Å². The van der Waals surface area contributed by atoms with Gasteiger partial charge in [0.15, 0.2) is 0 Å². The first-order valence-corrected chi connectivity index (χ1v) is 5.79. The molecule has 1 aliphatic heterocycles. The second-order valence-corrected chi connectivity index (χ2v) is 5.21. The first-order valence-electron chi connectivity index (χ1n) is 4.91. The number of amides is 1. The van der Waals surface area contributed by atoms with Crippen LogP contribution in [0.3, 0.4) is 0 Å². The molecule has 5 nitrogen and oxygen atoms in total. The maximum atomic E-state index is 10.6. The van der Waals surface area contributed by atoms with Crippen molar-refractivity contribution in [2.75, 3.05) is 13.7 Å². The molecule has 16 heavy (non-hydrogen) atoms. The smallest absolute Gasteiger partial charge is 0.423 e. The van der Waals surface area contributed by atoms with Gasteiger partial charge in [0.25, 0.3) is 0 Å². The molecule has 0 fully saturated rings. The highest BCUT2D eigenvalue weighted by Crippen LogP contribution is 2.26. The van der Waals surface area contributed by atoms with Gasteiger partial charge >= 0.3 is 6.09 Å². The van der Waals surface area contributed by atoms with Crippen molar-refractivity contribution in [1.82, 2.24) is 10.4 Å². The van der Waals surface area contributed by atoms with Gasteiger partial charge in [-0.2, -0.15) is 0 Å². The van der Waals surface area contributed by atoms with Gasteiger partial charge in [-0.3, -0.25) is 0 Å². The Morgan fingerprint density at radius 1 is 1.62 bits per heavy atom. The molecule has 0 aromatic heterocycles. The van der Waals surface area contributed by atoms with Crippen LogP contribution in [0.4, 0.5) is 4.79 Å². The average Bonchev–Trinajstić information content (AvgIpc) is 2.16. The Hall–Kier alpha value is -1.30. The van der Waals surface area contributed by atoms with Crippen molar-refractivity contribution >= 4 is 17.9 Å². The summed E-state index contributed by atoms with van der Waals surface area (Å²) in [5.74, 6) is 0.496. The molecule has 0 aromatic rings. The Kier molecular flexibility index (Phi) is 4.54. The zero-order valence-electron chi connectivity index (χ0n) is 9.56. The van der Waals surface area contributed by atoms with E-state index in [2.05, 4.69) is 19.3 Å². The number of nitrogens with zero attached hydrogens (tertiary/aromatic N) is 1. The Bertz CT molecular complexity index is 326. The van der Waals surface area contributed by atoms with Crippen LogP contribution in [0.25, 0.3) is 0 Å². The molecule has 1 heterocycles. The number of methoxy groups -OCH3 is 1. The normalized spacial score (nSPS) is 15.6. The number of thioether (sulfide) groups is 1. The molecule has 0 atom stereocenters. The third-order valence-corrected chi connectivity index (χ3v) is 2.86. The van der Waals surface area contributed by atoms with Crippen molar-refractivity contribution in [3.8, 4) is 0 Å². The zero-order valence-corrected chi connectivity index (χ0v) is 10.4. The number of hydrazine groups is 1.